The van der Waals surface area contributed by atoms with Crippen molar-refractivity contribution in [3.8, 4) is 0 Å². The third kappa shape index (κ3) is 2.94. The molecule has 104 valence electrons. The summed E-state index contributed by atoms with van der Waals surface area (Å²) in [6.45, 7) is 2.55. The molecule has 2 aromatic rings. The molecule has 0 amide bonds. The molecule has 0 bridgehead atoms. The van der Waals surface area contributed by atoms with Crippen LogP contribution in [-0.2, 0) is 11.2 Å². The fourth-order valence-corrected chi connectivity index (χ4v) is 2.71. The molecule has 0 aliphatic carbocycles. The van der Waals surface area contributed by atoms with Crippen molar-refractivity contribution in [2.45, 2.75) is 12.5 Å². The number of ether oxygens (including phenoxy) is 1. The van der Waals surface area contributed by atoms with Crippen LogP contribution in [0, 0.1) is 0 Å². The Balaban J connectivity index is 1.69. The lowest BCUT2D eigenvalue weighted by Gasteiger charge is -2.35. The third-order valence-electron chi connectivity index (χ3n) is 3.72. The van der Waals surface area contributed by atoms with E-state index in [0.29, 0.717) is 0 Å². The molecule has 1 aliphatic rings. The van der Waals surface area contributed by atoms with Crippen molar-refractivity contribution < 1.29 is 4.74 Å². The highest BCUT2D eigenvalue weighted by molar-refractivity contribution is 5.67. The van der Waals surface area contributed by atoms with Crippen LogP contribution in [0.25, 0.3) is 0 Å². The first kappa shape index (κ1) is 13.0. The number of rotatable bonds is 3. The van der Waals surface area contributed by atoms with E-state index >= 15 is 0 Å². The number of hydrogen-bond acceptors (Lipinski definition) is 3. The molecule has 20 heavy (non-hydrogen) atoms. The molecule has 2 N–H and O–H groups in total. The number of nitrogen functional groups attached to an aromatic ring is 1. The van der Waals surface area contributed by atoms with E-state index in [9.17, 15) is 0 Å². The van der Waals surface area contributed by atoms with Crippen molar-refractivity contribution in [2.24, 2.45) is 0 Å². The largest absolute Gasteiger partial charge is 0.397 e. The molecule has 1 unspecified atom stereocenters. The second-order valence-electron chi connectivity index (χ2n) is 5.19. The average Bonchev–Trinajstić information content (AvgIpc) is 2.49. The van der Waals surface area contributed by atoms with Gasteiger partial charge in [0.25, 0.3) is 0 Å². The Bertz CT molecular complexity index is 556. The van der Waals surface area contributed by atoms with Gasteiger partial charge in [0.15, 0.2) is 0 Å². The van der Waals surface area contributed by atoms with Crippen LogP contribution in [0.15, 0.2) is 54.6 Å². The summed E-state index contributed by atoms with van der Waals surface area (Å²) in [5, 5.41) is 0. The number of para-hydroxylation sites is 2. The van der Waals surface area contributed by atoms with Crippen LogP contribution in [0.1, 0.15) is 5.56 Å². The van der Waals surface area contributed by atoms with Crippen molar-refractivity contribution in [3.63, 3.8) is 0 Å². The van der Waals surface area contributed by atoms with E-state index in [4.69, 9.17) is 10.5 Å². The molecule has 3 rings (SSSR count). The number of benzene rings is 2. The van der Waals surface area contributed by atoms with Gasteiger partial charge in [-0.05, 0) is 17.7 Å². The molecule has 3 nitrogen and oxygen atoms in total. The Morgan fingerprint density at radius 2 is 1.80 bits per heavy atom. The third-order valence-corrected chi connectivity index (χ3v) is 3.72. The zero-order valence-corrected chi connectivity index (χ0v) is 11.5. The highest BCUT2D eigenvalue weighted by atomic mass is 16.5. The van der Waals surface area contributed by atoms with Crippen molar-refractivity contribution in [1.82, 2.24) is 0 Å². The summed E-state index contributed by atoms with van der Waals surface area (Å²) >= 11 is 0. The van der Waals surface area contributed by atoms with Crippen molar-refractivity contribution >= 4 is 11.4 Å². The minimum Gasteiger partial charge on any atom is -0.397 e. The minimum absolute atomic E-state index is 0.228. The summed E-state index contributed by atoms with van der Waals surface area (Å²) in [6.07, 6.45) is 1.18. The van der Waals surface area contributed by atoms with Gasteiger partial charge in [0.05, 0.1) is 24.1 Å². The standard InChI is InChI=1S/C17H20N2O/c18-16-8-4-5-9-17(16)19-10-11-20-15(13-19)12-14-6-2-1-3-7-14/h1-9,15H,10-13,18H2. The molecule has 1 saturated heterocycles. The second kappa shape index (κ2) is 5.97. The number of nitrogens with zero attached hydrogens (tertiary/aromatic N) is 1. The molecule has 0 aromatic heterocycles. The van der Waals surface area contributed by atoms with Gasteiger partial charge in [0, 0.05) is 19.5 Å². The zero-order chi connectivity index (χ0) is 13.8. The van der Waals surface area contributed by atoms with E-state index in [0.717, 1.165) is 37.5 Å². The lowest BCUT2D eigenvalue weighted by Crippen LogP contribution is -2.43. The Labute approximate surface area is 120 Å². The van der Waals surface area contributed by atoms with Gasteiger partial charge < -0.3 is 15.4 Å². The zero-order valence-electron chi connectivity index (χ0n) is 11.5. The fourth-order valence-electron chi connectivity index (χ4n) is 2.71. The number of morpholine rings is 1. The Morgan fingerprint density at radius 1 is 1.05 bits per heavy atom. The summed E-state index contributed by atoms with van der Waals surface area (Å²) in [6, 6.07) is 18.5. The summed E-state index contributed by atoms with van der Waals surface area (Å²) in [4.78, 5) is 2.33. The average molecular weight is 268 g/mol. The monoisotopic (exact) mass is 268 g/mol. The summed E-state index contributed by atoms with van der Waals surface area (Å²) < 4.78 is 5.89. The quantitative estimate of drug-likeness (QED) is 0.870. The van der Waals surface area contributed by atoms with Crippen LogP contribution >= 0.6 is 0 Å². The molecule has 1 aliphatic heterocycles. The van der Waals surface area contributed by atoms with E-state index in [1.165, 1.54) is 5.56 Å². The molecule has 3 heteroatoms. The smallest absolute Gasteiger partial charge is 0.0791 e. The molecule has 0 saturated carbocycles. The van der Waals surface area contributed by atoms with E-state index in [1.807, 2.05) is 24.3 Å². The molecule has 2 aromatic carbocycles. The van der Waals surface area contributed by atoms with E-state index in [2.05, 4.69) is 35.2 Å². The van der Waals surface area contributed by atoms with Crippen LogP contribution in [0.5, 0.6) is 0 Å². The van der Waals surface area contributed by atoms with Crippen LogP contribution in [0.3, 0.4) is 0 Å². The second-order valence-corrected chi connectivity index (χ2v) is 5.19. The predicted octanol–water partition coefficient (Wildman–Crippen LogP) is 2.72. The first-order valence-corrected chi connectivity index (χ1v) is 7.08. The molecular weight excluding hydrogens is 248 g/mol. The Hall–Kier alpha value is -2.00. The SMILES string of the molecule is Nc1ccccc1N1CCOC(Cc2ccccc2)C1. The first-order chi connectivity index (χ1) is 9.83. The van der Waals surface area contributed by atoms with Gasteiger partial charge in [0.2, 0.25) is 0 Å². The van der Waals surface area contributed by atoms with Gasteiger partial charge >= 0.3 is 0 Å². The minimum atomic E-state index is 0.228. The van der Waals surface area contributed by atoms with Crippen LogP contribution < -0.4 is 10.6 Å². The molecule has 1 atom stereocenters. The molecule has 1 heterocycles. The van der Waals surface area contributed by atoms with Crippen molar-refractivity contribution in [1.29, 1.82) is 0 Å². The maximum Gasteiger partial charge on any atom is 0.0791 e. The van der Waals surface area contributed by atoms with Gasteiger partial charge in [-0.15, -0.1) is 0 Å². The van der Waals surface area contributed by atoms with Crippen LogP contribution in [0.4, 0.5) is 11.4 Å². The highest BCUT2D eigenvalue weighted by Gasteiger charge is 2.21. The highest BCUT2D eigenvalue weighted by Crippen LogP contribution is 2.25. The van der Waals surface area contributed by atoms with Crippen LogP contribution in [-0.4, -0.2) is 25.8 Å². The van der Waals surface area contributed by atoms with Gasteiger partial charge in [-0.2, -0.15) is 0 Å². The van der Waals surface area contributed by atoms with Gasteiger partial charge in [-0.25, -0.2) is 0 Å². The van der Waals surface area contributed by atoms with Gasteiger partial charge in [-0.1, -0.05) is 42.5 Å². The molecule has 0 spiro atoms. The van der Waals surface area contributed by atoms with Crippen molar-refractivity contribution in [3.05, 3.63) is 60.2 Å². The summed E-state index contributed by atoms with van der Waals surface area (Å²) in [5.74, 6) is 0. The number of anilines is 2. The maximum atomic E-state index is 6.07. The van der Waals surface area contributed by atoms with Crippen molar-refractivity contribution in [2.75, 3.05) is 30.3 Å². The number of hydrogen-bond donors (Lipinski definition) is 1. The van der Waals surface area contributed by atoms with E-state index in [1.54, 1.807) is 0 Å². The maximum absolute atomic E-state index is 6.07. The lowest BCUT2D eigenvalue weighted by atomic mass is 10.1. The Kier molecular flexibility index (Phi) is 3.88. The lowest BCUT2D eigenvalue weighted by molar-refractivity contribution is 0.0411. The normalized spacial score (nSPS) is 19.0. The molecular formula is C17H20N2O. The summed E-state index contributed by atoms with van der Waals surface area (Å²) in [7, 11) is 0. The molecule has 1 fully saturated rings. The van der Waals surface area contributed by atoms with E-state index in [-0.39, 0.29) is 6.10 Å². The summed E-state index contributed by atoms with van der Waals surface area (Å²) in [5.41, 5.74) is 9.35. The topological polar surface area (TPSA) is 38.5 Å². The first-order valence-electron chi connectivity index (χ1n) is 7.08. The molecule has 0 radical (unpaired) electrons. The Morgan fingerprint density at radius 3 is 2.60 bits per heavy atom. The number of nitrogens with two attached hydrogens (primary N) is 1. The van der Waals surface area contributed by atoms with Gasteiger partial charge in [-0.3, -0.25) is 0 Å². The van der Waals surface area contributed by atoms with E-state index < -0.39 is 0 Å². The fraction of sp³-hybridized carbons (Fsp3) is 0.294. The predicted molar refractivity (Wildman–Crippen MR) is 83.0 cm³/mol. The van der Waals surface area contributed by atoms with Crippen LogP contribution in [0.2, 0.25) is 0 Å². The van der Waals surface area contributed by atoms with Gasteiger partial charge in [0.1, 0.15) is 0 Å².